The molecule has 4 aliphatic rings. The first-order chi connectivity index (χ1) is 16.9. The smallest absolute Gasteiger partial charge is 0.229 e. The first kappa shape index (κ1) is 23.7. The molecule has 1 amide bonds. The van der Waals surface area contributed by atoms with Crippen LogP contribution < -0.4 is 5.32 Å². The molecule has 0 radical (unpaired) electrons. The highest BCUT2D eigenvalue weighted by Crippen LogP contribution is 2.59. The van der Waals surface area contributed by atoms with Gasteiger partial charge >= 0.3 is 0 Å². The van der Waals surface area contributed by atoms with Crippen LogP contribution in [0.2, 0.25) is 5.02 Å². The minimum atomic E-state index is 0.0966. The van der Waals surface area contributed by atoms with E-state index in [1.807, 2.05) is 12.3 Å². The molecule has 2 saturated heterocycles. The van der Waals surface area contributed by atoms with Crippen molar-refractivity contribution in [1.29, 1.82) is 0 Å². The first-order valence-corrected chi connectivity index (χ1v) is 14.0. The molecule has 3 atom stereocenters. The van der Waals surface area contributed by atoms with Gasteiger partial charge in [-0.1, -0.05) is 24.9 Å². The van der Waals surface area contributed by atoms with E-state index in [2.05, 4.69) is 41.2 Å². The van der Waals surface area contributed by atoms with Gasteiger partial charge in [0.25, 0.3) is 0 Å². The fourth-order valence-electron chi connectivity index (χ4n) is 7.32. The van der Waals surface area contributed by atoms with Crippen molar-refractivity contribution >= 4 is 34.1 Å². The van der Waals surface area contributed by atoms with Crippen molar-refractivity contribution in [2.75, 3.05) is 31.6 Å². The second-order valence-electron chi connectivity index (χ2n) is 11.9. The summed E-state index contributed by atoms with van der Waals surface area (Å²) in [7, 11) is 0. The summed E-state index contributed by atoms with van der Waals surface area (Å²) in [5, 5.41) is 6.06. The number of rotatable bonds is 4. The molecule has 1 unspecified atom stereocenters. The summed E-state index contributed by atoms with van der Waals surface area (Å²) in [5.41, 5.74) is 1.78. The van der Waals surface area contributed by atoms with Gasteiger partial charge in [0.15, 0.2) is 0 Å². The summed E-state index contributed by atoms with van der Waals surface area (Å²) >= 11 is 6.79. The molecule has 4 fully saturated rings. The van der Waals surface area contributed by atoms with E-state index in [1.165, 1.54) is 24.8 Å². The molecule has 1 N–H and O–H groups in total. The number of halogens is 1. The van der Waals surface area contributed by atoms with Crippen molar-refractivity contribution in [1.82, 2.24) is 9.88 Å². The van der Waals surface area contributed by atoms with Crippen LogP contribution in [0.15, 0.2) is 24.4 Å². The Morgan fingerprint density at radius 1 is 1.11 bits per heavy atom. The Hall–Kier alpha value is -1.69. The van der Waals surface area contributed by atoms with E-state index in [1.54, 1.807) is 0 Å². The van der Waals surface area contributed by atoms with Gasteiger partial charge in [0.2, 0.25) is 5.91 Å². The number of benzene rings is 1. The third-order valence-electron chi connectivity index (χ3n) is 10.1. The Morgan fingerprint density at radius 2 is 1.89 bits per heavy atom. The monoisotopic (exact) mass is 495 g/mol. The number of hydrogen-bond acceptors (Lipinski definition) is 4. The lowest BCUT2D eigenvalue weighted by atomic mass is 9.83. The molecule has 1 aromatic carbocycles. The number of carbonyl (C=O) groups excluding carboxylic acids is 1. The standard InChI is InChI=1S/C29H38ClN3O2/c1-19-4-3-7-28(19,2)33-10-5-20(6-11-33)23-14-21-16-26(31-18-22(21)15-25(23)30)32-27(34)24-17-29(24)8-12-35-13-9-29/h14-16,18-20,24H,3-13,17H2,1-2H3,(H,31,32,34)/t19?,24-,28+/m0/s1. The summed E-state index contributed by atoms with van der Waals surface area (Å²) in [6, 6.07) is 6.31. The van der Waals surface area contributed by atoms with Crippen LogP contribution in [0.5, 0.6) is 0 Å². The Labute approximate surface area is 213 Å². The predicted octanol–water partition coefficient (Wildman–Crippen LogP) is 6.40. The Kier molecular flexibility index (Phi) is 6.10. The van der Waals surface area contributed by atoms with E-state index < -0.39 is 0 Å². The zero-order valence-corrected chi connectivity index (χ0v) is 21.9. The molecule has 2 aliphatic carbocycles. The van der Waals surface area contributed by atoms with Crippen LogP contribution in [0.25, 0.3) is 10.8 Å². The van der Waals surface area contributed by atoms with Crippen molar-refractivity contribution in [3.05, 3.63) is 35.0 Å². The summed E-state index contributed by atoms with van der Waals surface area (Å²) in [4.78, 5) is 20.2. The molecule has 2 aromatic rings. The molecular formula is C29H38ClN3O2. The molecule has 2 aliphatic heterocycles. The van der Waals surface area contributed by atoms with Gasteiger partial charge in [0.1, 0.15) is 5.82 Å². The number of amides is 1. The minimum Gasteiger partial charge on any atom is -0.381 e. The number of piperidine rings is 1. The number of pyridine rings is 1. The van der Waals surface area contributed by atoms with Gasteiger partial charge in [0.05, 0.1) is 0 Å². The van der Waals surface area contributed by atoms with Crippen LogP contribution in [0.1, 0.15) is 76.7 Å². The maximum absolute atomic E-state index is 12.9. The number of fused-ring (bicyclic) bond motifs is 1. The lowest BCUT2D eigenvalue weighted by Gasteiger charge is -2.46. The normalized spacial score (nSPS) is 31.2. The van der Waals surface area contributed by atoms with Gasteiger partial charge in [0, 0.05) is 41.3 Å². The third kappa shape index (κ3) is 4.28. The van der Waals surface area contributed by atoms with E-state index in [0.29, 0.717) is 17.3 Å². The van der Waals surface area contributed by atoms with Crippen molar-refractivity contribution in [3.63, 3.8) is 0 Å². The van der Waals surface area contributed by atoms with Crippen LogP contribution in [0, 0.1) is 17.3 Å². The summed E-state index contributed by atoms with van der Waals surface area (Å²) < 4.78 is 5.49. The van der Waals surface area contributed by atoms with Crippen LogP contribution in [-0.2, 0) is 9.53 Å². The van der Waals surface area contributed by atoms with E-state index in [0.717, 1.165) is 80.1 Å². The van der Waals surface area contributed by atoms with Crippen molar-refractivity contribution in [3.8, 4) is 0 Å². The van der Waals surface area contributed by atoms with Crippen LogP contribution in [0.3, 0.4) is 0 Å². The Bertz CT molecular complexity index is 1120. The molecule has 5 nitrogen and oxygen atoms in total. The Balaban J connectivity index is 1.15. The average Bonchev–Trinajstić information content (AvgIpc) is 3.44. The van der Waals surface area contributed by atoms with Gasteiger partial charge < -0.3 is 10.1 Å². The number of nitrogens with zero attached hydrogens (tertiary/aromatic N) is 2. The second kappa shape index (κ2) is 9.00. The van der Waals surface area contributed by atoms with E-state index in [-0.39, 0.29) is 17.2 Å². The Morgan fingerprint density at radius 3 is 2.60 bits per heavy atom. The van der Waals surface area contributed by atoms with E-state index >= 15 is 0 Å². The molecule has 1 spiro atoms. The summed E-state index contributed by atoms with van der Waals surface area (Å²) in [5.74, 6) is 2.10. The largest absolute Gasteiger partial charge is 0.381 e. The summed E-state index contributed by atoms with van der Waals surface area (Å²) in [6.07, 6.45) is 11.1. The van der Waals surface area contributed by atoms with Crippen LogP contribution in [-0.4, -0.2) is 47.6 Å². The molecule has 3 heterocycles. The maximum atomic E-state index is 12.9. The van der Waals surface area contributed by atoms with Crippen LogP contribution >= 0.6 is 11.6 Å². The number of carbonyl (C=O) groups is 1. The molecular weight excluding hydrogens is 458 g/mol. The van der Waals surface area contributed by atoms with Crippen molar-refractivity contribution < 1.29 is 9.53 Å². The van der Waals surface area contributed by atoms with E-state index in [4.69, 9.17) is 16.3 Å². The van der Waals surface area contributed by atoms with Gasteiger partial charge in [-0.2, -0.15) is 0 Å². The number of ether oxygens (including phenoxy) is 1. The zero-order valence-electron chi connectivity index (χ0n) is 21.1. The van der Waals surface area contributed by atoms with Crippen molar-refractivity contribution in [2.45, 2.75) is 76.7 Å². The van der Waals surface area contributed by atoms with Gasteiger partial charge in [-0.05, 0) is 111 Å². The lowest BCUT2D eigenvalue weighted by molar-refractivity contribution is -0.118. The van der Waals surface area contributed by atoms with Gasteiger partial charge in [-0.15, -0.1) is 0 Å². The molecule has 35 heavy (non-hydrogen) atoms. The molecule has 6 heteroatoms. The van der Waals surface area contributed by atoms with Crippen molar-refractivity contribution in [2.24, 2.45) is 17.3 Å². The highest BCUT2D eigenvalue weighted by atomic mass is 35.5. The second-order valence-corrected chi connectivity index (χ2v) is 12.3. The highest BCUT2D eigenvalue weighted by Gasteiger charge is 2.58. The SMILES string of the molecule is CC1CCC[C@@]1(C)N1CCC(c2cc3cc(NC(=O)[C@@H]4CC45CCOCC5)ncc3cc2Cl)CC1. The van der Waals surface area contributed by atoms with E-state index in [9.17, 15) is 4.79 Å². The first-order valence-electron chi connectivity index (χ1n) is 13.6. The van der Waals surface area contributed by atoms with Gasteiger partial charge in [-0.25, -0.2) is 4.98 Å². The quantitative estimate of drug-likeness (QED) is 0.533. The number of hydrogen-bond donors (Lipinski definition) is 1. The molecule has 2 saturated carbocycles. The number of aromatic nitrogens is 1. The summed E-state index contributed by atoms with van der Waals surface area (Å²) in [6.45, 7) is 8.74. The van der Waals surface area contributed by atoms with Gasteiger partial charge in [-0.3, -0.25) is 9.69 Å². The molecule has 1 aromatic heterocycles. The lowest BCUT2D eigenvalue weighted by Crippen LogP contribution is -2.51. The zero-order chi connectivity index (χ0) is 24.2. The average molecular weight is 496 g/mol. The maximum Gasteiger partial charge on any atom is 0.229 e. The molecule has 0 bridgehead atoms. The third-order valence-corrected chi connectivity index (χ3v) is 10.4. The number of nitrogens with one attached hydrogen (secondary N) is 1. The number of likely N-dealkylation sites (tertiary alicyclic amines) is 1. The minimum absolute atomic E-state index is 0.0966. The number of anilines is 1. The molecule has 6 rings (SSSR count). The fourth-order valence-corrected chi connectivity index (χ4v) is 7.65. The predicted molar refractivity (Wildman–Crippen MR) is 141 cm³/mol. The fraction of sp³-hybridized carbons (Fsp3) is 0.655. The van der Waals surface area contributed by atoms with Crippen LogP contribution in [0.4, 0.5) is 5.82 Å². The topological polar surface area (TPSA) is 54.5 Å². The molecule has 188 valence electrons. The highest BCUT2D eigenvalue weighted by molar-refractivity contribution is 6.32.